The van der Waals surface area contributed by atoms with E-state index in [-0.39, 0.29) is 24.0 Å². The molecule has 1 fully saturated rings. The van der Waals surface area contributed by atoms with Gasteiger partial charge >= 0.3 is 0 Å². The van der Waals surface area contributed by atoms with Gasteiger partial charge in [0.05, 0.1) is 0 Å². The van der Waals surface area contributed by atoms with Gasteiger partial charge in [0.2, 0.25) is 0 Å². The number of hydrogen-bond acceptors (Lipinski definition) is 3. The predicted molar refractivity (Wildman–Crippen MR) is 121 cm³/mol. The van der Waals surface area contributed by atoms with E-state index in [0.717, 1.165) is 37.0 Å². The van der Waals surface area contributed by atoms with Gasteiger partial charge in [-0.2, -0.15) is 5.10 Å². The number of aliphatic imine (C=N–C) groups is 1. The van der Waals surface area contributed by atoms with Crippen molar-refractivity contribution >= 4 is 29.9 Å². The highest BCUT2D eigenvalue weighted by Crippen LogP contribution is 2.33. The van der Waals surface area contributed by atoms with Crippen LogP contribution in [0.1, 0.15) is 45.1 Å². The average molecular weight is 482 g/mol. The molecule has 0 bridgehead atoms. The maximum Gasteiger partial charge on any atom is 0.193 e. The lowest BCUT2D eigenvalue weighted by Crippen LogP contribution is -2.49. The molecule has 3 rings (SSSR count). The summed E-state index contributed by atoms with van der Waals surface area (Å²) in [4.78, 5) is 11.2. The lowest BCUT2D eigenvalue weighted by atomic mass is 9.78. The number of halogens is 1. The summed E-state index contributed by atoms with van der Waals surface area (Å²) >= 11 is 0. The van der Waals surface area contributed by atoms with Crippen molar-refractivity contribution in [3.63, 3.8) is 0 Å². The number of H-pyrrole nitrogens is 1. The summed E-state index contributed by atoms with van der Waals surface area (Å²) in [5.41, 5.74) is 2.65. The second kappa shape index (κ2) is 10.1. The molecular weight excluding hydrogens is 451 g/mol. The lowest BCUT2D eigenvalue weighted by Gasteiger charge is -2.42. The quantitative estimate of drug-likeness (QED) is 0.383. The van der Waals surface area contributed by atoms with Crippen molar-refractivity contribution in [2.75, 3.05) is 20.1 Å². The fourth-order valence-electron chi connectivity index (χ4n) is 3.99. The molecule has 0 spiro atoms. The van der Waals surface area contributed by atoms with Gasteiger partial charge in [0.25, 0.3) is 0 Å². The van der Waals surface area contributed by atoms with Gasteiger partial charge in [-0.1, -0.05) is 38.5 Å². The van der Waals surface area contributed by atoms with Crippen LogP contribution in [0.5, 0.6) is 0 Å². The van der Waals surface area contributed by atoms with Crippen LogP contribution in [-0.2, 0) is 6.54 Å². The van der Waals surface area contributed by atoms with E-state index in [2.05, 4.69) is 62.4 Å². The molecule has 1 aliphatic heterocycles. The smallest absolute Gasteiger partial charge is 0.193 e. The number of nitrogens with zero attached hydrogens (tertiary/aromatic N) is 4. The van der Waals surface area contributed by atoms with Crippen molar-refractivity contribution in [1.82, 2.24) is 25.4 Å². The fourth-order valence-corrected chi connectivity index (χ4v) is 3.99. The number of likely N-dealkylation sites (tertiary alicyclic amines) is 1. The zero-order valence-electron chi connectivity index (χ0n) is 16.5. The van der Waals surface area contributed by atoms with E-state index in [1.807, 2.05) is 13.1 Å². The van der Waals surface area contributed by atoms with E-state index in [0.29, 0.717) is 5.41 Å². The SMILES string of the molecule is CCCC1(C)CCCN(C(=NC)NCc2cccc(-c3ncn[nH]3)c2)C1.I. The van der Waals surface area contributed by atoms with Gasteiger partial charge in [-0.25, -0.2) is 4.98 Å². The van der Waals surface area contributed by atoms with E-state index in [4.69, 9.17) is 0 Å². The third-order valence-corrected chi connectivity index (χ3v) is 5.21. The highest BCUT2D eigenvalue weighted by molar-refractivity contribution is 14.0. The van der Waals surface area contributed by atoms with Gasteiger partial charge in [0, 0.05) is 32.2 Å². The van der Waals surface area contributed by atoms with E-state index in [1.165, 1.54) is 37.6 Å². The number of benzene rings is 1. The van der Waals surface area contributed by atoms with Gasteiger partial charge in [-0.3, -0.25) is 10.1 Å². The third kappa shape index (κ3) is 5.67. The Bertz CT molecular complexity index is 726. The summed E-state index contributed by atoms with van der Waals surface area (Å²) in [6, 6.07) is 8.35. The molecule has 2 N–H and O–H groups in total. The summed E-state index contributed by atoms with van der Waals surface area (Å²) in [7, 11) is 1.87. The maximum atomic E-state index is 4.53. The Balaban J connectivity index is 0.00000261. The molecule has 7 heteroatoms. The first-order valence-corrected chi connectivity index (χ1v) is 9.54. The van der Waals surface area contributed by atoms with Crippen LogP contribution >= 0.6 is 24.0 Å². The Morgan fingerprint density at radius 1 is 1.41 bits per heavy atom. The monoisotopic (exact) mass is 482 g/mol. The number of guanidine groups is 1. The third-order valence-electron chi connectivity index (χ3n) is 5.21. The molecule has 0 saturated carbocycles. The number of hydrogen-bond donors (Lipinski definition) is 2. The van der Waals surface area contributed by atoms with Crippen LogP contribution in [0, 0.1) is 5.41 Å². The molecule has 1 unspecified atom stereocenters. The molecule has 1 atom stereocenters. The van der Waals surface area contributed by atoms with Crippen LogP contribution in [0.2, 0.25) is 0 Å². The number of aromatic nitrogens is 3. The van der Waals surface area contributed by atoms with E-state index in [9.17, 15) is 0 Å². The standard InChI is InChI=1S/C20H30N6.HI/c1-4-9-20(2)10-6-11-26(14-20)19(21-3)22-13-16-7-5-8-17(12-16)18-23-15-24-25-18;/h5,7-8,12,15H,4,6,9-11,13-14H2,1-3H3,(H,21,22)(H,23,24,25);1H. The number of aromatic amines is 1. The molecule has 0 radical (unpaired) electrons. The van der Waals surface area contributed by atoms with Gasteiger partial charge in [0.1, 0.15) is 6.33 Å². The number of nitrogens with one attached hydrogen (secondary N) is 2. The first kappa shape index (κ1) is 21.7. The Kier molecular flexibility index (Phi) is 8.07. The molecular formula is C20H31IN6. The minimum Gasteiger partial charge on any atom is -0.352 e. The van der Waals surface area contributed by atoms with E-state index < -0.39 is 0 Å². The number of rotatable bonds is 5. The summed E-state index contributed by atoms with van der Waals surface area (Å²) in [5.74, 6) is 1.79. The molecule has 6 nitrogen and oxygen atoms in total. The maximum absolute atomic E-state index is 4.53. The molecule has 2 heterocycles. The molecule has 2 aromatic rings. The second-order valence-electron chi connectivity index (χ2n) is 7.52. The minimum atomic E-state index is 0. The van der Waals surface area contributed by atoms with Crippen molar-refractivity contribution in [3.8, 4) is 11.4 Å². The highest BCUT2D eigenvalue weighted by Gasteiger charge is 2.31. The molecule has 148 valence electrons. The average Bonchev–Trinajstić information content (AvgIpc) is 3.17. The summed E-state index contributed by atoms with van der Waals surface area (Å²) in [5, 5.41) is 10.4. The normalized spacial score (nSPS) is 20.3. The second-order valence-corrected chi connectivity index (χ2v) is 7.52. The van der Waals surface area contributed by atoms with Crippen molar-refractivity contribution < 1.29 is 0 Å². The summed E-state index contributed by atoms with van der Waals surface area (Å²) in [6.07, 6.45) is 6.60. The molecule has 1 aromatic heterocycles. The minimum absolute atomic E-state index is 0. The van der Waals surface area contributed by atoms with Crippen molar-refractivity contribution in [2.24, 2.45) is 10.4 Å². The zero-order chi connectivity index (χ0) is 18.4. The Labute approximate surface area is 179 Å². The van der Waals surface area contributed by atoms with E-state index in [1.54, 1.807) is 0 Å². The first-order valence-electron chi connectivity index (χ1n) is 9.54. The Morgan fingerprint density at radius 3 is 2.96 bits per heavy atom. The number of piperidine rings is 1. The Hall–Kier alpha value is -1.64. The highest BCUT2D eigenvalue weighted by atomic mass is 127. The van der Waals surface area contributed by atoms with Gasteiger partial charge in [-0.15, -0.1) is 24.0 Å². The van der Waals surface area contributed by atoms with Gasteiger partial charge < -0.3 is 10.2 Å². The zero-order valence-corrected chi connectivity index (χ0v) is 18.9. The predicted octanol–water partition coefficient (Wildman–Crippen LogP) is 4.07. The molecule has 1 aliphatic rings. The molecule has 0 amide bonds. The molecule has 0 aliphatic carbocycles. The molecule has 27 heavy (non-hydrogen) atoms. The lowest BCUT2D eigenvalue weighted by molar-refractivity contribution is 0.142. The topological polar surface area (TPSA) is 69.2 Å². The first-order chi connectivity index (χ1) is 12.6. The van der Waals surface area contributed by atoms with Crippen LogP contribution in [0.25, 0.3) is 11.4 Å². The van der Waals surface area contributed by atoms with Crippen molar-refractivity contribution in [2.45, 2.75) is 46.1 Å². The molecule has 1 aromatic carbocycles. The van der Waals surface area contributed by atoms with E-state index >= 15 is 0 Å². The van der Waals surface area contributed by atoms with Gasteiger partial charge in [-0.05, 0) is 36.3 Å². The van der Waals surface area contributed by atoms with Crippen LogP contribution in [0.15, 0.2) is 35.6 Å². The molecule has 1 saturated heterocycles. The van der Waals surface area contributed by atoms with Crippen LogP contribution in [0.3, 0.4) is 0 Å². The van der Waals surface area contributed by atoms with Gasteiger partial charge in [0.15, 0.2) is 11.8 Å². The van der Waals surface area contributed by atoms with Crippen LogP contribution in [-0.4, -0.2) is 46.2 Å². The summed E-state index contributed by atoms with van der Waals surface area (Å²) < 4.78 is 0. The van der Waals surface area contributed by atoms with Crippen molar-refractivity contribution in [3.05, 3.63) is 36.2 Å². The van der Waals surface area contributed by atoms with Crippen LogP contribution in [0.4, 0.5) is 0 Å². The Morgan fingerprint density at radius 2 is 2.26 bits per heavy atom. The largest absolute Gasteiger partial charge is 0.352 e. The fraction of sp³-hybridized carbons (Fsp3) is 0.550. The summed E-state index contributed by atoms with van der Waals surface area (Å²) in [6.45, 7) is 7.60. The van der Waals surface area contributed by atoms with Crippen LogP contribution < -0.4 is 5.32 Å². The van der Waals surface area contributed by atoms with Crippen molar-refractivity contribution in [1.29, 1.82) is 0 Å².